The van der Waals surface area contributed by atoms with Crippen LogP contribution in [0, 0.1) is 0 Å². The SMILES string of the molecule is COc1cccc(CCNC(=O)c2ccnc(C(=O)NCc3ccco3)c2)c1. The molecule has 0 aliphatic rings. The molecule has 0 aliphatic heterocycles. The van der Waals surface area contributed by atoms with Gasteiger partial charge in [0.05, 0.1) is 19.9 Å². The second-order valence-electron chi connectivity index (χ2n) is 6.05. The molecule has 0 saturated carbocycles. The Morgan fingerprint density at radius 1 is 1.07 bits per heavy atom. The van der Waals surface area contributed by atoms with Gasteiger partial charge >= 0.3 is 0 Å². The number of methoxy groups -OCH3 is 1. The van der Waals surface area contributed by atoms with Crippen LogP contribution < -0.4 is 15.4 Å². The van der Waals surface area contributed by atoms with E-state index >= 15 is 0 Å². The Bertz CT molecular complexity index is 938. The smallest absolute Gasteiger partial charge is 0.270 e. The van der Waals surface area contributed by atoms with Crippen molar-refractivity contribution in [3.8, 4) is 5.75 Å². The molecule has 0 fully saturated rings. The number of benzene rings is 1. The standard InChI is InChI=1S/C21H21N3O4/c1-27-17-5-2-4-15(12-17)7-9-23-20(25)16-8-10-22-19(13-16)21(26)24-14-18-6-3-11-28-18/h2-6,8,10-13H,7,9,14H2,1H3,(H,23,25)(H,24,26). The molecule has 0 saturated heterocycles. The van der Waals surface area contributed by atoms with E-state index in [-0.39, 0.29) is 24.1 Å². The molecular formula is C21H21N3O4. The highest BCUT2D eigenvalue weighted by atomic mass is 16.5. The molecular weight excluding hydrogens is 358 g/mol. The maximum Gasteiger partial charge on any atom is 0.270 e. The first-order valence-corrected chi connectivity index (χ1v) is 8.83. The van der Waals surface area contributed by atoms with E-state index in [0.29, 0.717) is 24.3 Å². The van der Waals surface area contributed by atoms with Crippen molar-refractivity contribution in [2.45, 2.75) is 13.0 Å². The van der Waals surface area contributed by atoms with Crippen molar-refractivity contribution in [2.24, 2.45) is 0 Å². The summed E-state index contributed by atoms with van der Waals surface area (Å²) in [5, 5.41) is 5.56. The number of furan rings is 1. The summed E-state index contributed by atoms with van der Waals surface area (Å²) in [6.07, 6.45) is 3.65. The van der Waals surface area contributed by atoms with E-state index in [1.54, 1.807) is 25.3 Å². The zero-order chi connectivity index (χ0) is 19.8. The summed E-state index contributed by atoms with van der Waals surface area (Å²) in [6, 6.07) is 14.2. The minimum Gasteiger partial charge on any atom is -0.497 e. The summed E-state index contributed by atoms with van der Waals surface area (Å²) in [5.74, 6) is 0.788. The summed E-state index contributed by atoms with van der Waals surface area (Å²) in [7, 11) is 1.62. The molecule has 2 amide bonds. The Hall–Kier alpha value is -3.61. The minimum atomic E-state index is -0.373. The van der Waals surface area contributed by atoms with Gasteiger partial charge in [-0.15, -0.1) is 0 Å². The maximum absolute atomic E-state index is 12.4. The number of pyridine rings is 1. The fourth-order valence-electron chi connectivity index (χ4n) is 2.62. The molecule has 2 heterocycles. The van der Waals surface area contributed by atoms with E-state index in [1.807, 2.05) is 24.3 Å². The third kappa shape index (κ3) is 5.20. The van der Waals surface area contributed by atoms with Crippen LogP contribution in [-0.2, 0) is 13.0 Å². The van der Waals surface area contributed by atoms with Gasteiger partial charge in [-0.3, -0.25) is 14.6 Å². The van der Waals surface area contributed by atoms with E-state index in [1.165, 1.54) is 18.5 Å². The van der Waals surface area contributed by atoms with Crippen LogP contribution in [0.4, 0.5) is 0 Å². The molecule has 1 aromatic carbocycles. The van der Waals surface area contributed by atoms with Crippen LogP contribution in [0.3, 0.4) is 0 Å². The number of rotatable bonds is 8. The summed E-state index contributed by atoms with van der Waals surface area (Å²) in [5.41, 5.74) is 1.61. The number of ether oxygens (including phenoxy) is 1. The van der Waals surface area contributed by atoms with Crippen LogP contribution in [0.5, 0.6) is 5.75 Å². The fourth-order valence-corrected chi connectivity index (χ4v) is 2.62. The molecule has 0 bridgehead atoms. The molecule has 3 aromatic rings. The van der Waals surface area contributed by atoms with Crippen molar-refractivity contribution in [3.05, 3.63) is 83.6 Å². The van der Waals surface area contributed by atoms with Crippen molar-refractivity contribution in [2.75, 3.05) is 13.7 Å². The highest BCUT2D eigenvalue weighted by Gasteiger charge is 2.12. The van der Waals surface area contributed by atoms with Crippen LogP contribution in [-0.4, -0.2) is 30.5 Å². The number of carbonyl (C=O) groups is 2. The third-order valence-corrected chi connectivity index (χ3v) is 4.09. The molecule has 3 rings (SSSR count). The highest BCUT2D eigenvalue weighted by Crippen LogP contribution is 2.12. The second kappa shape index (κ2) is 9.36. The summed E-state index contributed by atoms with van der Waals surface area (Å²) in [6.45, 7) is 0.721. The largest absolute Gasteiger partial charge is 0.497 e. The molecule has 144 valence electrons. The van der Waals surface area contributed by atoms with Crippen molar-refractivity contribution < 1.29 is 18.7 Å². The third-order valence-electron chi connectivity index (χ3n) is 4.09. The van der Waals surface area contributed by atoms with E-state index < -0.39 is 0 Å². The van der Waals surface area contributed by atoms with Gasteiger partial charge in [-0.1, -0.05) is 12.1 Å². The van der Waals surface area contributed by atoms with E-state index in [2.05, 4.69) is 15.6 Å². The zero-order valence-corrected chi connectivity index (χ0v) is 15.5. The van der Waals surface area contributed by atoms with Gasteiger partial charge in [0.25, 0.3) is 11.8 Å². The topological polar surface area (TPSA) is 93.5 Å². The van der Waals surface area contributed by atoms with Gasteiger partial charge < -0.3 is 19.8 Å². The van der Waals surface area contributed by atoms with Gasteiger partial charge in [0, 0.05) is 18.3 Å². The summed E-state index contributed by atoms with van der Waals surface area (Å²) >= 11 is 0. The lowest BCUT2D eigenvalue weighted by Crippen LogP contribution is -2.27. The lowest BCUT2D eigenvalue weighted by atomic mass is 10.1. The normalized spacial score (nSPS) is 10.3. The zero-order valence-electron chi connectivity index (χ0n) is 15.5. The van der Waals surface area contributed by atoms with E-state index in [9.17, 15) is 9.59 Å². The molecule has 0 radical (unpaired) electrons. The van der Waals surface area contributed by atoms with E-state index in [0.717, 1.165) is 11.3 Å². The predicted molar refractivity (Wildman–Crippen MR) is 103 cm³/mol. The van der Waals surface area contributed by atoms with Crippen LogP contribution in [0.15, 0.2) is 65.4 Å². The first kappa shape index (κ1) is 19.2. The van der Waals surface area contributed by atoms with E-state index in [4.69, 9.17) is 9.15 Å². The lowest BCUT2D eigenvalue weighted by molar-refractivity contribution is 0.0943. The molecule has 0 unspecified atom stereocenters. The van der Waals surface area contributed by atoms with Gasteiger partial charge in [0.1, 0.15) is 17.2 Å². The van der Waals surface area contributed by atoms with Crippen LogP contribution >= 0.6 is 0 Å². The average molecular weight is 379 g/mol. The van der Waals surface area contributed by atoms with Crippen molar-refractivity contribution >= 4 is 11.8 Å². The highest BCUT2D eigenvalue weighted by molar-refractivity contribution is 5.98. The van der Waals surface area contributed by atoms with Gasteiger partial charge in [0.15, 0.2) is 0 Å². The van der Waals surface area contributed by atoms with Crippen LogP contribution in [0.25, 0.3) is 0 Å². The predicted octanol–water partition coefficient (Wildman–Crippen LogP) is 2.59. The van der Waals surface area contributed by atoms with Gasteiger partial charge in [-0.2, -0.15) is 0 Å². The first-order valence-electron chi connectivity index (χ1n) is 8.83. The molecule has 0 atom stereocenters. The molecule has 2 aromatic heterocycles. The molecule has 28 heavy (non-hydrogen) atoms. The number of nitrogens with zero attached hydrogens (tertiary/aromatic N) is 1. The quantitative estimate of drug-likeness (QED) is 0.627. The minimum absolute atomic E-state index is 0.173. The number of hydrogen-bond donors (Lipinski definition) is 2. The van der Waals surface area contributed by atoms with Crippen molar-refractivity contribution in [1.82, 2.24) is 15.6 Å². The molecule has 0 spiro atoms. The fraction of sp³-hybridized carbons (Fsp3) is 0.190. The Kier molecular flexibility index (Phi) is 6.41. The number of carbonyl (C=O) groups excluding carboxylic acids is 2. The number of nitrogens with one attached hydrogen (secondary N) is 2. The van der Waals surface area contributed by atoms with Crippen molar-refractivity contribution in [3.63, 3.8) is 0 Å². The Labute approximate surface area is 162 Å². The average Bonchev–Trinajstić information content (AvgIpc) is 3.26. The molecule has 0 aliphatic carbocycles. The summed E-state index contributed by atoms with van der Waals surface area (Å²) < 4.78 is 10.4. The number of amides is 2. The molecule has 7 heteroatoms. The van der Waals surface area contributed by atoms with Crippen LogP contribution in [0.1, 0.15) is 32.2 Å². The van der Waals surface area contributed by atoms with Gasteiger partial charge in [-0.05, 0) is 48.4 Å². The lowest BCUT2D eigenvalue weighted by Gasteiger charge is -2.08. The Balaban J connectivity index is 1.53. The van der Waals surface area contributed by atoms with Gasteiger partial charge in [-0.25, -0.2) is 0 Å². The monoisotopic (exact) mass is 379 g/mol. The molecule has 2 N–H and O–H groups in total. The maximum atomic E-state index is 12.4. The van der Waals surface area contributed by atoms with Gasteiger partial charge in [0.2, 0.25) is 0 Å². The Morgan fingerprint density at radius 2 is 1.96 bits per heavy atom. The second-order valence-corrected chi connectivity index (χ2v) is 6.05. The van der Waals surface area contributed by atoms with Crippen LogP contribution in [0.2, 0.25) is 0 Å². The van der Waals surface area contributed by atoms with Crippen molar-refractivity contribution in [1.29, 1.82) is 0 Å². The number of hydrogen-bond acceptors (Lipinski definition) is 5. The molecule has 7 nitrogen and oxygen atoms in total. The Morgan fingerprint density at radius 3 is 2.75 bits per heavy atom. The first-order chi connectivity index (χ1) is 13.7. The summed E-state index contributed by atoms with van der Waals surface area (Å²) in [4.78, 5) is 28.6. The number of aromatic nitrogens is 1.